The summed E-state index contributed by atoms with van der Waals surface area (Å²) in [5.41, 5.74) is 0. The lowest BCUT2D eigenvalue weighted by Gasteiger charge is -2.60. The Balaban J connectivity index is 2.92. The second-order valence-electron chi connectivity index (χ2n) is 2.48. The second-order valence-corrected chi connectivity index (χ2v) is 16.0. The molecule has 0 radical (unpaired) electrons. The zero-order chi connectivity index (χ0) is 11.0. The molecule has 0 bridgehead atoms. The number of halogens is 2. The van der Waals surface area contributed by atoms with Crippen LogP contribution in [0.25, 0.3) is 0 Å². The van der Waals surface area contributed by atoms with Crippen molar-refractivity contribution in [2.45, 2.75) is 7.12 Å². The van der Waals surface area contributed by atoms with Gasteiger partial charge in [-0.2, -0.15) is 0 Å². The lowest BCUT2D eigenvalue weighted by molar-refractivity contribution is 1.57. The third-order valence-electron chi connectivity index (χ3n) is 2.06. The molecule has 0 aromatic heterocycles. The molecular formula is C6H12Cl2P2S4. The summed E-state index contributed by atoms with van der Waals surface area (Å²) in [6.07, 6.45) is 8.49. The highest BCUT2D eigenvalue weighted by atomic mass is 35.7. The van der Waals surface area contributed by atoms with Gasteiger partial charge in [-0.15, -0.1) is 47.0 Å². The van der Waals surface area contributed by atoms with Crippen molar-refractivity contribution >= 4 is 84.1 Å². The van der Waals surface area contributed by atoms with Gasteiger partial charge in [-0.1, -0.05) is 22.5 Å². The summed E-state index contributed by atoms with van der Waals surface area (Å²) in [7, 11) is -1.06. The second kappa shape index (κ2) is 5.65. The Hall–Kier alpha value is 2.84. The van der Waals surface area contributed by atoms with Crippen LogP contribution in [0.1, 0.15) is 0 Å². The highest BCUT2D eigenvalue weighted by Gasteiger charge is 2.70. The SMILES string of the molecule is CSC1(SC)P(Cl)C(SC)(SC)P1Cl. The van der Waals surface area contributed by atoms with Crippen molar-refractivity contribution in [3.8, 4) is 0 Å². The Labute approximate surface area is 115 Å². The lowest BCUT2D eigenvalue weighted by Crippen LogP contribution is -2.37. The smallest absolute Gasteiger partial charge is 0.132 e. The predicted octanol–water partition coefficient (Wildman–Crippen LogP) is 5.95. The summed E-state index contributed by atoms with van der Waals surface area (Å²) >= 11 is 20.6. The highest BCUT2D eigenvalue weighted by molar-refractivity contribution is 8.54. The molecule has 1 aliphatic heterocycles. The maximum Gasteiger partial charge on any atom is 0.132 e. The minimum Gasteiger partial charge on any atom is -0.136 e. The normalized spacial score (nSPS) is 33.9. The number of hydrogen-bond acceptors (Lipinski definition) is 4. The summed E-state index contributed by atoms with van der Waals surface area (Å²) < 4.78 is 0.222. The molecule has 84 valence electrons. The van der Waals surface area contributed by atoms with Crippen LogP contribution >= 0.6 is 84.1 Å². The molecule has 1 heterocycles. The maximum atomic E-state index is 6.60. The van der Waals surface area contributed by atoms with Crippen molar-refractivity contribution < 1.29 is 0 Å². The molecule has 0 saturated carbocycles. The predicted molar refractivity (Wildman–Crippen MR) is 85.1 cm³/mol. The molecule has 14 heavy (non-hydrogen) atoms. The van der Waals surface area contributed by atoms with Gasteiger partial charge in [0.1, 0.15) is 7.12 Å². The van der Waals surface area contributed by atoms with Gasteiger partial charge in [0.2, 0.25) is 0 Å². The van der Waals surface area contributed by atoms with Crippen molar-refractivity contribution in [2.24, 2.45) is 0 Å². The first-order valence-electron chi connectivity index (χ1n) is 3.68. The number of hydrogen-bond donors (Lipinski definition) is 0. The van der Waals surface area contributed by atoms with Crippen molar-refractivity contribution in [3.63, 3.8) is 0 Å². The van der Waals surface area contributed by atoms with Gasteiger partial charge < -0.3 is 0 Å². The minimum atomic E-state index is -0.532. The lowest BCUT2D eigenvalue weighted by atomic mass is 11.7. The van der Waals surface area contributed by atoms with E-state index >= 15 is 0 Å². The minimum absolute atomic E-state index is 0.111. The number of thioether (sulfide) groups is 4. The van der Waals surface area contributed by atoms with Gasteiger partial charge in [0.05, 0.1) is 14.5 Å². The molecule has 0 spiro atoms. The fourth-order valence-electron chi connectivity index (χ4n) is 1.27. The van der Waals surface area contributed by atoms with Gasteiger partial charge >= 0.3 is 0 Å². The molecule has 0 atom stereocenters. The van der Waals surface area contributed by atoms with Gasteiger partial charge in [-0.3, -0.25) is 0 Å². The van der Waals surface area contributed by atoms with E-state index in [1.165, 1.54) is 0 Å². The van der Waals surface area contributed by atoms with Crippen molar-refractivity contribution in [1.29, 1.82) is 0 Å². The van der Waals surface area contributed by atoms with Crippen molar-refractivity contribution in [1.82, 2.24) is 0 Å². The summed E-state index contributed by atoms with van der Waals surface area (Å²) in [6.45, 7) is 0. The van der Waals surface area contributed by atoms with Crippen LogP contribution in [0.5, 0.6) is 0 Å². The van der Waals surface area contributed by atoms with Crippen LogP contribution in [0, 0.1) is 0 Å². The maximum absolute atomic E-state index is 6.60. The van der Waals surface area contributed by atoms with Crippen LogP contribution in [-0.2, 0) is 0 Å². The van der Waals surface area contributed by atoms with E-state index in [0.717, 1.165) is 0 Å². The van der Waals surface area contributed by atoms with E-state index in [2.05, 4.69) is 25.0 Å². The molecular weight excluding hydrogens is 333 g/mol. The molecule has 1 rings (SSSR count). The summed E-state index contributed by atoms with van der Waals surface area (Å²) in [5.74, 6) is 0. The molecule has 0 aromatic rings. The first-order valence-corrected chi connectivity index (χ1v) is 13.1. The molecule has 0 amide bonds. The first-order chi connectivity index (χ1) is 6.55. The molecule has 0 aliphatic carbocycles. The van der Waals surface area contributed by atoms with Gasteiger partial charge in [0.25, 0.3) is 0 Å². The van der Waals surface area contributed by atoms with Crippen LogP contribution in [0.2, 0.25) is 0 Å². The first kappa shape index (κ1) is 14.9. The summed E-state index contributed by atoms with van der Waals surface area (Å²) in [5, 5.41) is 0. The Morgan fingerprint density at radius 1 is 0.714 bits per heavy atom. The Kier molecular flexibility index (Phi) is 6.02. The molecule has 8 heteroatoms. The van der Waals surface area contributed by atoms with Crippen LogP contribution in [0.3, 0.4) is 0 Å². The van der Waals surface area contributed by atoms with Gasteiger partial charge in [0, 0.05) is 0 Å². The molecule has 1 saturated heterocycles. The van der Waals surface area contributed by atoms with E-state index in [1.54, 1.807) is 0 Å². The Morgan fingerprint density at radius 3 is 1.07 bits per heavy atom. The summed E-state index contributed by atoms with van der Waals surface area (Å²) in [6, 6.07) is 0. The Bertz CT molecular complexity index is 176. The van der Waals surface area contributed by atoms with E-state index in [9.17, 15) is 0 Å². The average molecular weight is 345 g/mol. The van der Waals surface area contributed by atoms with E-state index in [-0.39, 0.29) is 7.12 Å². The molecule has 0 aromatic carbocycles. The quantitative estimate of drug-likeness (QED) is 0.456. The fraction of sp³-hybridized carbons (Fsp3) is 1.00. The zero-order valence-corrected chi connectivity index (χ0v) is 14.9. The largest absolute Gasteiger partial charge is 0.136 e. The standard InChI is InChI=1S/C6H12Cl2P2S4/c1-11-5(12-2)9(7)6(13-3,14-4)10(5)8/h1-4H3. The third-order valence-corrected chi connectivity index (χ3v) is 26.2. The Morgan fingerprint density at radius 2 is 0.929 bits per heavy atom. The highest BCUT2D eigenvalue weighted by Crippen LogP contribution is 3.05. The molecule has 1 aliphatic rings. The third kappa shape index (κ3) is 1.88. The van der Waals surface area contributed by atoms with Crippen LogP contribution < -0.4 is 0 Å². The average Bonchev–Trinajstić information content (AvgIpc) is 2.23. The van der Waals surface area contributed by atoms with E-state index in [0.29, 0.717) is 0 Å². The zero-order valence-electron chi connectivity index (χ0n) is 8.28. The van der Waals surface area contributed by atoms with Crippen LogP contribution in [-0.4, -0.2) is 32.1 Å². The molecule has 0 N–H and O–H groups in total. The monoisotopic (exact) mass is 344 g/mol. The van der Waals surface area contributed by atoms with Crippen molar-refractivity contribution in [3.05, 3.63) is 0 Å². The molecule has 0 unspecified atom stereocenters. The van der Waals surface area contributed by atoms with E-state index in [4.69, 9.17) is 22.5 Å². The van der Waals surface area contributed by atoms with Crippen LogP contribution in [0.15, 0.2) is 0 Å². The van der Waals surface area contributed by atoms with Gasteiger partial charge in [0.15, 0.2) is 0 Å². The van der Waals surface area contributed by atoms with Gasteiger partial charge in [-0.05, 0) is 25.0 Å². The topological polar surface area (TPSA) is 0 Å². The molecule has 1 fully saturated rings. The van der Waals surface area contributed by atoms with Gasteiger partial charge in [-0.25, -0.2) is 0 Å². The van der Waals surface area contributed by atoms with E-state index < -0.39 is 14.5 Å². The van der Waals surface area contributed by atoms with Crippen LogP contribution in [0.4, 0.5) is 0 Å². The van der Waals surface area contributed by atoms with Crippen molar-refractivity contribution in [2.75, 3.05) is 25.0 Å². The van der Waals surface area contributed by atoms with E-state index in [1.807, 2.05) is 47.0 Å². The fourth-order valence-corrected chi connectivity index (χ4v) is 25.5. The summed E-state index contributed by atoms with van der Waals surface area (Å²) in [4.78, 5) is 0. The molecule has 0 nitrogen and oxygen atoms in total. The number of rotatable bonds is 4.